The van der Waals surface area contributed by atoms with Gasteiger partial charge in [0, 0.05) is 11.3 Å². The van der Waals surface area contributed by atoms with E-state index in [0.717, 1.165) is 37.7 Å². The number of hydrogen-bond acceptors (Lipinski definition) is 4. The Balaban J connectivity index is 1.77. The summed E-state index contributed by atoms with van der Waals surface area (Å²) in [7, 11) is 0. The summed E-state index contributed by atoms with van der Waals surface area (Å²) in [6, 6.07) is 0. The highest BCUT2D eigenvalue weighted by Crippen LogP contribution is 2.61. The fraction of sp³-hybridized carbons (Fsp3) is 0.567. The molecule has 186 valence electrons. The zero-order valence-corrected chi connectivity index (χ0v) is 21.6. The van der Waals surface area contributed by atoms with Gasteiger partial charge in [0.15, 0.2) is 0 Å². The fourth-order valence-electron chi connectivity index (χ4n) is 6.19. The molecule has 2 aliphatic carbocycles. The summed E-state index contributed by atoms with van der Waals surface area (Å²) >= 11 is 0. The molecule has 0 saturated heterocycles. The number of rotatable bonds is 7. The van der Waals surface area contributed by atoms with Crippen molar-refractivity contribution >= 4 is 5.97 Å². The van der Waals surface area contributed by atoms with Crippen molar-refractivity contribution in [2.75, 3.05) is 6.61 Å². The van der Waals surface area contributed by atoms with E-state index in [0.29, 0.717) is 17.8 Å². The zero-order chi connectivity index (χ0) is 25.1. The van der Waals surface area contributed by atoms with Crippen LogP contribution in [0.3, 0.4) is 0 Å². The summed E-state index contributed by atoms with van der Waals surface area (Å²) in [5.41, 5.74) is 3.63. The largest absolute Gasteiger partial charge is 0.423 e. The van der Waals surface area contributed by atoms with E-state index in [1.54, 1.807) is 6.08 Å². The number of esters is 1. The van der Waals surface area contributed by atoms with Crippen LogP contribution in [-0.2, 0) is 9.53 Å². The summed E-state index contributed by atoms with van der Waals surface area (Å²) in [5, 5.41) is 20.8. The fourth-order valence-corrected chi connectivity index (χ4v) is 6.19. The predicted octanol–water partition coefficient (Wildman–Crippen LogP) is 6.34. The van der Waals surface area contributed by atoms with Gasteiger partial charge in [-0.15, -0.1) is 0 Å². The van der Waals surface area contributed by atoms with Gasteiger partial charge in [0.1, 0.15) is 5.76 Å². The summed E-state index contributed by atoms with van der Waals surface area (Å²) in [6.45, 7) is 14.9. The normalized spacial score (nSPS) is 35.4. The van der Waals surface area contributed by atoms with Crippen molar-refractivity contribution in [3.8, 4) is 0 Å². The topological polar surface area (TPSA) is 66.8 Å². The van der Waals surface area contributed by atoms with Gasteiger partial charge in [-0.3, -0.25) is 0 Å². The molecule has 1 aliphatic heterocycles. The Morgan fingerprint density at radius 3 is 2.68 bits per heavy atom. The number of carbonyl (C=O) groups is 1. The minimum absolute atomic E-state index is 0.0236. The highest BCUT2D eigenvalue weighted by Gasteiger charge is 2.57. The Bertz CT molecular complexity index is 958. The lowest BCUT2D eigenvalue weighted by Crippen LogP contribution is -2.57. The van der Waals surface area contributed by atoms with E-state index in [9.17, 15) is 15.0 Å². The van der Waals surface area contributed by atoms with Crippen molar-refractivity contribution in [3.63, 3.8) is 0 Å². The van der Waals surface area contributed by atoms with Gasteiger partial charge in [0.05, 0.1) is 18.3 Å². The quantitative estimate of drug-likeness (QED) is 0.339. The molecule has 34 heavy (non-hydrogen) atoms. The maximum Gasteiger partial charge on any atom is 0.343 e. The van der Waals surface area contributed by atoms with Crippen LogP contribution in [0.15, 0.2) is 71.1 Å². The molecular weight excluding hydrogens is 424 g/mol. The summed E-state index contributed by atoms with van der Waals surface area (Å²) < 4.78 is 5.46. The first-order valence-corrected chi connectivity index (χ1v) is 12.6. The number of carbonyl (C=O) groups excluding carboxylic acids is 1. The number of hydrogen-bond donors (Lipinski definition) is 2. The maximum atomic E-state index is 12.5. The maximum absolute atomic E-state index is 12.5. The van der Waals surface area contributed by atoms with Gasteiger partial charge in [0.25, 0.3) is 0 Å². The highest BCUT2D eigenvalue weighted by atomic mass is 16.5. The molecule has 2 saturated carbocycles. The number of aliphatic hydroxyl groups is 2. The molecule has 2 fully saturated rings. The number of aliphatic hydroxyl groups excluding tert-OH is 2. The Kier molecular flexibility index (Phi) is 8.26. The molecule has 0 spiro atoms. The number of allylic oxidation sites excluding steroid dienone is 8. The molecule has 0 aromatic rings. The highest BCUT2D eigenvalue weighted by molar-refractivity contribution is 5.95. The first kappa shape index (κ1) is 26.4. The second-order valence-electron chi connectivity index (χ2n) is 11.2. The lowest BCUT2D eigenvalue weighted by Gasteiger charge is -2.59. The molecule has 5 atom stereocenters. The first-order valence-electron chi connectivity index (χ1n) is 12.6. The monoisotopic (exact) mass is 466 g/mol. The second kappa shape index (κ2) is 10.6. The van der Waals surface area contributed by atoms with Gasteiger partial charge in [-0.05, 0) is 82.8 Å². The van der Waals surface area contributed by atoms with E-state index in [-0.39, 0.29) is 29.8 Å². The summed E-state index contributed by atoms with van der Waals surface area (Å²) in [6.07, 6.45) is 16.7. The van der Waals surface area contributed by atoms with E-state index in [1.165, 1.54) is 11.1 Å². The first-order chi connectivity index (χ1) is 16.0. The Hall–Kier alpha value is -2.17. The molecule has 0 amide bonds. The third-order valence-electron chi connectivity index (χ3n) is 8.39. The zero-order valence-electron chi connectivity index (χ0n) is 21.6. The van der Waals surface area contributed by atoms with Gasteiger partial charge < -0.3 is 14.9 Å². The minimum atomic E-state index is -0.517. The van der Waals surface area contributed by atoms with Gasteiger partial charge >= 0.3 is 5.97 Å². The van der Waals surface area contributed by atoms with E-state index < -0.39 is 11.5 Å². The van der Waals surface area contributed by atoms with Crippen LogP contribution in [0.5, 0.6) is 0 Å². The molecule has 1 heterocycles. The van der Waals surface area contributed by atoms with Crippen LogP contribution in [0.25, 0.3) is 0 Å². The molecule has 2 N–H and O–H groups in total. The second-order valence-corrected chi connectivity index (χ2v) is 11.2. The average Bonchev–Trinajstić information content (AvgIpc) is 3.14. The average molecular weight is 467 g/mol. The number of fused-ring (bicyclic) bond motifs is 1. The number of cyclic esters (lactones) is 1. The molecule has 4 heteroatoms. The molecule has 0 bridgehead atoms. The van der Waals surface area contributed by atoms with Crippen molar-refractivity contribution < 1.29 is 19.7 Å². The number of ether oxygens (including phenoxy) is 1. The molecular formula is C30H42O4. The summed E-state index contributed by atoms with van der Waals surface area (Å²) in [5.74, 6) is 0.504. The molecule has 3 rings (SSSR count). The molecule has 0 unspecified atom stereocenters. The third-order valence-corrected chi connectivity index (χ3v) is 8.39. The van der Waals surface area contributed by atoms with Crippen LogP contribution >= 0.6 is 0 Å². The van der Waals surface area contributed by atoms with E-state index in [4.69, 9.17) is 4.74 Å². The molecule has 0 aromatic carbocycles. The van der Waals surface area contributed by atoms with Crippen LogP contribution < -0.4 is 0 Å². The van der Waals surface area contributed by atoms with Crippen molar-refractivity contribution in [3.05, 3.63) is 71.1 Å². The van der Waals surface area contributed by atoms with E-state index in [2.05, 4.69) is 46.4 Å². The molecule has 3 aliphatic rings. The van der Waals surface area contributed by atoms with Crippen LogP contribution in [0, 0.1) is 22.7 Å². The molecule has 0 aromatic heterocycles. The van der Waals surface area contributed by atoms with Gasteiger partial charge in [0.2, 0.25) is 0 Å². The van der Waals surface area contributed by atoms with Crippen molar-refractivity contribution in [2.45, 2.75) is 79.2 Å². The van der Waals surface area contributed by atoms with Crippen LogP contribution in [0.1, 0.15) is 73.1 Å². The lowest BCUT2D eigenvalue weighted by atomic mass is 9.46. The van der Waals surface area contributed by atoms with Crippen molar-refractivity contribution in [1.82, 2.24) is 0 Å². The van der Waals surface area contributed by atoms with Crippen LogP contribution in [-0.4, -0.2) is 28.9 Å². The third kappa shape index (κ3) is 5.39. The Morgan fingerprint density at radius 2 is 2.00 bits per heavy atom. The lowest BCUT2D eigenvalue weighted by molar-refractivity contribution is -0.145. The van der Waals surface area contributed by atoms with Crippen molar-refractivity contribution in [2.24, 2.45) is 22.7 Å². The predicted molar refractivity (Wildman–Crippen MR) is 138 cm³/mol. The minimum Gasteiger partial charge on any atom is -0.423 e. The van der Waals surface area contributed by atoms with Crippen LogP contribution in [0.2, 0.25) is 0 Å². The molecule has 4 nitrogen and oxygen atoms in total. The SMILES string of the molecule is C=C1CC[C@@H]2[C@](C)(CO)[C@H](O)CC[C@@]2(C)[C@@H]1/C=C/C1=CC(=C/C=C(\C)CCC=C(C)C)/OC1=O. The van der Waals surface area contributed by atoms with Gasteiger partial charge in [-0.1, -0.05) is 61.4 Å². The van der Waals surface area contributed by atoms with Crippen LogP contribution in [0.4, 0.5) is 0 Å². The smallest absolute Gasteiger partial charge is 0.343 e. The molecule has 0 radical (unpaired) electrons. The van der Waals surface area contributed by atoms with E-state index in [1.807, 2.05) is 25.2 Å². The Morgan fingerprint density at radius 1 is 1.26 bits per heavy atom. The van der Waals surface area contributed by atoms with Crippen molar-refractivity contribution in [1.29, 1.82) is 0 Å². The van der Waals surface area contributed by atoms with Gasteiger partial charge in [-0.25, -0.2) is 4.79 Å². The Labute approximate surface area is 205 Å². The summed E-state index contributed by atoms with van der Waals surface area (Å²) in [4.78, 5) is 12.5. The van der Waals surface area contributed by atoms with E-state index >= 15 is 0 Å². The van der Waals surface area contributed by atoms with Gasteiger partial charge in [-0.2, -0.15) is 0 Å². The standard InChI is InChI=1S/C30H42O4/c1-20(2)8-7-9-21(3)10-13-24-18-23(28(33)34-24)12-14-25-22(4)11-15-26-29(25,5)17-16-27(32)30(26,6)19-31/h8,10,12-14,18,25-27,31-32H,4,7,9,11,15-17,19H2,1-3,5-6H3/b14-12+,21-10+,24-13-/t25-,26+,27-,29+,30+/m1/s1.